The Morgan fingerprint density at radius 2 is 2.04 bits per heavy atom. The van der Waals surface area contributed by atoms with E-state index < -0.39 is 5.60 Å². The molecule has 1 unspecified atom stereocenters. The summed E-state index contributed by atoms with van der Waals surface area (Å²) in [6.07, 6.45) is 4.01. The Kier molecular flexibility index (Phi) is 4.70. The van der Waals surface area contributed by atoms with Crippen molar-refractivity contribution in [2.24, 2.45) is 0 Å². The Bertz CT molecular complexity index is 887. The topological polar surface area (TPSA) is 82.5 Å². The van der Waals surface area contributed by atoms with E-state index in [0.29, 0.717) is 25.7 Å². The minimum Gasteiger partial charge on any atom is -0.385 e. The molecule has 2 aromatic rings. The number of hydrogen-bond donors (Lipinski definition) is 2. The van der Waals surface area contributed by atoms with E-state index in [1.807, 2.05) is 24.3 Å². The summed E-state index contributed by atoms with van der Waals surface area (Å²) >= 11 is 0. The van der Waals surface area contributed by atoms with E-state index in [-0.39, 0.29) is 17.7 Å². The molecule has 0 spiro atoms. The van der Waals surface area contributed by atoms with Crippen LogP contribution in [0.1, 0.15) is 49.7 Å². The number of carbonyl (C=O) groups excluding carboxylic acids is 2. The van der Waals surface area contributed by atoms with Crippen LogP contribution in [0.15, 0.2) is 30.5 Å². The Labute approximate surface area is 158 Å². The van der Waals surface area contributed by atoms with E-state index >= 15 is 0 Å². The lowest BCUT2D eigenvalue weighted by molar-refractivity contribution is -0.134. The first-order chi connectivity index (χ1) is 13.0. The van der Waals surface area contributed by atoms with Crippen molar-refractivity contribution in [1.82, 2.24) is 15.2 Å². The number of amides is 2. The van der Waals surface area contributed by atoms with Crippen molar-refractivity contribution in [2.75, 3.05) is 19.6 Å². The maximum atomic E-state index is 12.2. The molecule has 2 fully saturated rings. The molecule has 3 heterocycles. The number of piperidine rings is 2. The lowest BCUT2D eigenvalue weighted by Gasteiger charge is -2.38. The standard InChI is InChI=1S/C21H25N3O3/c1-2-24-9-7-21(27,8-10-24)16-3-5-18-14(12-16)11-15(13-22-18)17-4-6-19(25)23-20(17)26/h3,5,11-13,17,27H,2,4,6-10H2,1H3,(H,23,25,26). The van der Waals surface area contributed by atoms with Crippen LogP contribution in [-0.2, 0) is 15.2 Å². The summed E-state index contributed by atoms with van der Waals surface area (Å²) in [5.74, 6) is -0.818. The smallest absolute Gasteiger partial charge is 0.234 e. The lowest BCUT2D eigenvalue weighted by atomic mass is 9.83. The molecule has 2 amide bonds. The summed E-state index contributed by atoms with van der Waals surface area (Å²) in [6.45, 7) is 4.93. The first kappa shape index (κ1) is 18.1. The lowest BCUT2D eigenvalue weighted by Crippen LogP contribution is -2.42. The molecule has 1 aromatic carbocycles. The summed E-state index contributed by atoms with van der Waals surface area (Å²) in [5.41, 5.74) is 1.75. The van der Waals surface area contributed by atoms with Crippen LogP contribution in [0.25, 0.3) is 10.9 Å². The third-order valence-electron chi connectivity index (χ3n) is 6.01. The zero-order chi connectivity index (χ0) is 19.0. The first-order valence-electron chi connectivity index (χ1n) is 9.67. The van der Waals surface area contributed by atoms with Gasteiger partial charge in [-0.1, -0.05) is 13.0 Å². The quantitative estimate of drug-likeness (QED) is 0.812. The van der Waals surface area contributed by atoms with Crippen molar-refractivity contribution < 1.29 is 14.7 Å². The van der Waals surface area contributed by atoms with E-state index in [2.05, 4.69) is 22.1 Å². The van der Waals surface area contributed by atoms with Crippen LogP contribution in [0.3, 0.4) is 0 Å². The van der Waals surface area contributed by atoms with Crippen LogP contribution in [0.4, 0.5) is 0 Å². The zero-order valence-corrected chi connectivity index (χ0v) is 15.6. The number of carbonyl (C=O) groups is 2. The summed E-state index contributed by atoms with van der Waals surface area (Å²) in [4.78, 5) is 30.4. The van der Waals surface area contributed by atoms with Crippen LogP contribution >= 0.6 is 0 Å². The van der Waals surface area contributed by atoms with Crippen molar-refractivity contribution >= 4 is 22.7 Å². The molecule has 1 aromatic heterocycles. The van der Waals surface area contributed by atoms with Gasteiger partial charge in [0, 0.05) is 31.1 Å². The molecule has 0 radical (unpaired) electrons. The molecule has 2 saturated heterocycles. The molecule has 27 heavy (non-hydrogen) atoms. The third kappa shape index (κ3) is 3.47. The Hall–Kier alpha value is -2.31. The largest absolute Gasteiger partial charge is 0.385 e. The molecule has 1 atom stereocenters. The third-order valence-corrected chi connectivity index (χ3v) is 6.01. The van der Waals surface area contributed by atoms with Gasteiger partial charge in [0.25, 0.3) is 0 Å². The van der Waals surface area contributed by atoms with E-state index in [0.717, 1.165) is 41.7 Å². The van der Waals surface area contributed by atoms with Crippen molar-refractivity contribution in [3.8, 4) is 0 Å². The molecular formula is C21H25N3O3. The number of imide groups is 1. The fourth-order valence-electron chi connectivity index (χ4n) is 4.17. The summed E-state index contributed by atoms with van der Waals surface area (Å²) in [7, 11) is 0. The number of aromatic nitrogens is 1. The molecule has 6 heteroatoms. The second-order valence-corrected chi connectivity index (χ2v) is 7.65. The monoisotopic (exact) mass is 367 g/mol. The Morgan fingerprint density at radius 3 is 2.74 bits per heavy atom. The summed E-state index contributed by atoms with van der Waals surface area (Å²) < 4.78 is 0. The molecule has 2 aliphatic rings. The van der Waals surface area contributed by atoms with Gasteiger partial charge in [-0.05, 0) is 55.1 Å². The first-order valence-corrected chi connectivity index (χ1v) is 9.67. The number of rotatable bonds is 3. The van der Waals surface area contributed by atoms with Gasteiger partial charge in [0.15, 0.2) is 0 Å². The van der Waals surface area contributed by atoms with Gasteiger partial charge in [-0.3, -0.25) is 19.9 Å². The highest BCUT2D eigenvalue weighted by Gasteiger charge is 2.34. The Balaban J connectivity index is 1.64. The molecule has 6 nitrogen and oxygen atoms in total. The minimum absolute atomic E-state index is 0.215. The molecule has 4 rings (SSSR count). The fraction of sp³-hybridized carbons (Fsp3) is 0.476. The highest BCUT2D eigenvalue weighted by molar-refractivity contribution is 6.01. The van der Waals surface area contributed by atoms with E-state index in [9.17, 15) is 14.7 Å². The van der Waals surface area contributed by atoms with Gasteiger partial charge in [0.2, 0.25) is 11.8 Å². The van der Waals surface area contributed by atoms with Crippen LogP contribution in [-0.4, -0.2) is 46.4 Å². The molecule has 0 saturated carbocycles. The average Bonchev–Trinajstić information content (AvgIpc) is 2.68. The van der Waals surface area contributed by atoms with Gasteiger partial charge in [-0.25, -0.2) is 0 Å². The molecule has 0 aliphatic carbocycles. The molecule has 2 N–H and O–H groups in total. The SMILES string of the molecule is CCN1CCC(O)(c2ccc3ncc(C4CCC(=O)NC4=O)cc3c2)CC1. The number of aliphatic hydroxyl groups is 1. The van der Waals surface area contributed by atoms with Crippen molar-refractivity contribution in [2.45, 2.75) is 44.1 Å². The second-order valence-electron chi connectivity index (χ2n) is 7.65. The number of hydrogen-bond acceptors (Lipinski definition) is 5. The van der Waals surface area contributed by atoms with Crippen molar-refractivity contribution in [3.05, 3.63) is 41.6 Å². The van der Waals surface area contributed by atoms with Crippen molar-refractivity contribution in [1.29, 1.82) is 0 Å². The predicted molar refractivity (Wildman–Crippen MR) is 102 cm³/mol. The van der Waals surface area contributed by atoms with Gasteiger partial charge < -0.3 is 10.0 Å². The van der Waals surface area contributed by atoms with Gasteiger partial charge >= 0.3 is 0 Å². The second kappa shape index (κ2) is 7.02. The van der Waals surface area contributed by atoms with Gasteiger partial charge in [-0.15, -0.1) is 0 Å². The highest BCUT2D eigenvalue weighted by atomic mass is 16.3. The maximum absolute atomic E-state index is 12.2. The number of pyridine rings is 1. The van der Waals surface area contributed by atoms with Gasteiger partial charge in [0.05, 0.1) is 17.0 Å². The molecular weight excluding hydrogens is 342 g/mol. The minimum atomic E-state index is -0.815. The van der Waals surface area contributed by atoms with Crippen LogP contribution in [0.2, 0.25) is 0 Å². The zero-order valence-electron chi connectivity index (χ0n) is 15.6. The van der Waals surface area contributed by atoms with Gasteiger partial charge in [0.1, 0.15) is 0 Å². The van der Waals surface area contributed by atoms with Gasteiger partial charge in [-0.2, -0.15) is 0 Å². The maximum Gasteiger partial charge on any atom is 0.234 e. The van der Waals surface area contributed by atoms with Crippen molar-refractivity contribution in [3.63, 3.8) is 0 Å². The molecule has 142 valence electrons. The molecule has 0 bridgehead atoms. The number of likely N-dealkylation sites (tertiary alicyclic amines) is 1. The highest BCUT2D eigenvalue weighted by Crippen LogP contribution is 2.35. The number of nitrogens with one attached hydrogen (secondary N) is 1. The molecule has 2 aliphatic heterocycles. The predicted octanol–water partition coefficient (Wildman–Crippen LogP) is 2.06. The van der Waals surface area contributed by atoms with E-state index in [4.69, 9.17) is 0 Å². The fourth-order valence-corrected chi connectivity index (χ4v) is 4.17. The number of fused-ring (bicyclic) bond motifs is 1. The summed E-state index contributed by atoms with van der Waals surface area (Å²) in [6, 6.07) is 7.86. The van der Waals surface area contributed by atoms with Crippen LogP contribution < -0.4 is 5.32 Å². The Morgan fingerprint density at radius 1 is 1.26 bits per heavy atom. The van der Waals surface area contributed by atoms with E-state index in [1.165, 1.54) is 0 Å². The van der Waals surface area contributed by atoms with Crippen LogP contribution in [0.5, 0.6) is 0 Å². The summed E-state index contributed by atoms with van der Waals surface area (Å²) in [5, 5.41) is 14.5. The normalized spacial score (nSPS) is 23.4. The number of benzene rings is 1. The average molecular weight is 367 g/mol. The van der Waals surface area contributed by atoms with E-state index in [1.54, 1.807) is 6.20 Å². The van der Waals surface area contributed by atoms with Crippen LogP contribution in [0, 0.1) is 0 Å². The number of nitrogens with zero attached hydrogens (tertiary/aromatic N) is 2.